The van der Waals surface area contributed by atoms with Crippen molar-refractivity contribution in [2.75, 3.05) is 0 Å². The van der Waals surface area contributed by atoms with Gasteiger partial charge in [-0.15, -0.1) is 23.6 Å². The molecule has 0 aliphatic rings. The fourth-order valence-electron chi connectivity index (χ4n) is 3.56. The van der Waals surface area contributed by atoms with Gasteiger partial charge in [0, 0.05) is 0 Å². The maximum atomic E-state index is 5.63. The molecule has 184 valence electrons. The van der Waals surface area contributed by atoms with E-state index in [9.17, 15) is 0 Å². The van der Waals surface area contributed by atoms with E-state index in [1.807, 2.05) is 72.8 Å². The first kappa shape index (κ1) is 30.6. The molecule has 0 atom stereocenters. The quantitative estimate of drug-likeness (QED) is 0.111. The Hall–Kier alpha value is -0.626. The van der Waals surface area contributed by atoms with E-state index < -0.39 is 10.5 Å². The van der Waals surface area contributed by atoms with Crippen molar-refractivity contribution in [2.45, 2.75) is 24.6 Å². The number of benzene rings is 4. The van der Waals surface area contributed by atoms with Crippen molar-refractivity contribution < 1.29 is 16.5 Å². The Bertz CT molecular complexity index is 1030. The molecule has 0 radical (unpaired) electrons. The topological polar surface area (TPSA) is 0 Å². The molecule has 0 bridgehead atoms. The molecule has 0 aliphatic heterocycles. The molecule has 0 fully saturated rings. The fourth-order valence-corrected chi connectivity index (χ4v) is 10.4. The maximum Gasteiger partial charge on any atom is 2.00 e. The van der Waals surface area contributed by atoms with Gasteiger partial charge in [-0.05, 0) is 46.9 Å². The van der Waals surface area contributed by atoms with Gasteiger partial charge in [-0.3, -0.25) is 0 Å². The van der Waals surface area contributed by atoms with E-state index in [0.717, 1.165) is 24.6 Å². The van der Waals surface area contributed by atoms with Crippen molar-refractivity contribution in [2.24, 2.45) is 0 Å². The third-order valence-corrected chi connectivity index (χ3v) is 11.6. The Labute approximate surface area is 241 Å². The van der Waals surface area contributed by atoms with Crippen LogP contribution in [0.5, 0.6) is 0 Å². The van der Waals surface area contributed by atoms with E-state index in [2.05, 4.69) is 48.5 Å². The van der Waals surface area contributed by atoms with Gasteiger partial charge in [-0.1, -0.05) is 121 Å². The molecule has 0 aromatic heterocycles. The van der Waals surface area contributed by atoms with Gasteiger partial charge in [0.05, 0.1) is 0 Å². The summed E-state index contributed by atoms with van der Waals surface area (Å²) in [5.41, 5.74) is 5.06. The van der Waals surface area contributed by atoms with Gasteiger partial charge in [-0.2, -0.15) is 10.5 Å². The van der Waals surface area contributed by atoms with E-state index in [1.165, 1.54) is 22.3 Å². The Morgan fingerprint density at radius 2 is 0.571 bits per heavy atom. The summed E-state index contributed by atoms with van der Waals surface area (Å²) in [5, 5.41) is -3.44. The van der Waals surface area contributed by atoms with Gasteiger partial charge in [0.25, 0.3) is 0 Å². The van der Waals surface area contributed by atoms with E-state index in [-0.39, 0.29) is 16.5 Å². The van der Waals surface area contributed by atoms with E-state index in [4.69, 9.17) is 48.1 Å². The average molecular weight is 613 g/mol. The number of rotatable bonds is 8. The summed E-state index contributed by atoms with van der Waals surface area (Å²) in [6.07, 6.45) is 3.47. The number of hydrogen-bond donors (Lipinski definition) is 0. The molecule has 4 aromatic carbocycles. The summed E-state index contributed by atoms with van der Waals surface area (Å²) >= 11 is 22.5. The smallest absolute Gasteiger partial charge is 0.746 e. The summed E-state index contributed by atoms with van der Waals surface area (Å²) < 4.78 is 0. The van der Waals surface area contributed by atoms with Crippen molar-refractivity contribution in [1.29, 1.82) is 0 Å². The van der Waals surface area contributed by atoms with Gasteiger partial charge < -0.3 is 24.5 Å². The SMILES string of the molecule is S=P([S-])(Cc1ccccc1)Cc1ccccc1.S=P([S-])(Cc1ccccc1)Cc1ccccc1.[Ni+2]. The first-order valence-electron chi connectivity index (χ1n) is 11.1. The molecule has 0 spiro atoms. The minimum atomic E-state index is -1.72. The molecule has 0 nitrogen and oxygen atoms in total. The summed E-state index contributed by atoms with van der Waals surface area (Å²) in [6.45, 7) is 0. The Morgan fingerprint density at radius 3 is 0.743 bits per heavy atom. The van der Waals surface area contributed by atoms with Gasteiger partial charge in [0.15, 0.2) is 0 Å². The third-order valence-electron chi connectivity index (χ3n) is 5.07. The van der Waals surface area contributed by atoms with Gasteiger partial charge in [0.1, 0.15) is 0 Å². The van der Waals surface area contributed by atoms with Crippen LogP contribution in [-0.4, -0.2) is 0 Å². The minimum Gasteiger partial charge on any atom is -0.746 e. The van der Waals surface area contributed by atoms with Crippen LogP contribution in [0.25, 0.3) is 0 Å². The zero-order valence-corrected chi connectivity index (χ0v) is 25.3. The Kier molecular flexibility index (Phi) is 13.6. The molecule has 0 amide bonds. The van der Waals surface area contributed by atoms with Crippen molar-refractivity contribution in [1.82, 2.24) is 0 Å². The predicted octanol–water partition coefficient (Wildman–Crippen LogP) is 8.65. The van der Waals surface area contributed by atoms with Gasteiger partial charge in [-0.25, -0.2) is 0 Å². The van der Waals surface area contributed by atoms with Crippen molar-refractivity contribution in [3.8, 4) is 0 Å². The minimum absolute atomic E-state index is 0. The molecule has 7 heteroatoms. The maximum absolute atomic E-state index is 5.63. The number of hydrogen-bond acceptors (Lipinski definition) is 4. The van der Waals surface area contributed by atoms with Crippen molar-refractivity contribution in [3.63, 3.8) is 0 Å². The van der Waals surface area contributed by atoms with Gasteiger partial charge in [0.2, 0.25) is 0 Å². The molecule has 0 aliphatic carbocycles. The van der Waals surface area contributed by atoms with Crippen LogP contribution in [0, 0.1) is 0 Å². The monoisotopic (exact) mass is 612 g/mol. The molecule has 4 rings (SSSR count). The first-order valence-corrected chi connectivity index (χ1v) is 19.4. The van der Waals surface area contributed by atoms with Crippen LogP contribution in [0.3, 0.4) is 0 Å². The Balaban J connectivity index is 0.000000240. The molecule has 0 saturated heterocycles. The van der Waals surface area contributed by atoms with E-state index in [1.54, 1.807) is 0 Å². The van der Waals surface area contributed by atoms with Crippen LogP contribution in [0.2, 0.25) is 0 Å². The zero-order valence-electron chi connectivity index (χ0n) is 19.2. The van der Waals surface area contributed by atoms with Crippen LogP contribution < -0.4 is 0 Å². The second kappa shape index (κ2) is 15.6. The van der Waals surface area contributed by atoms with Crippen molar-refractivity contribution in [3.05, 3.63) is 144 Å². The van der Waals surface area contributed by atoms with Crippen LogP contribution in [0.1, 0.15) is 22.3 Å². The molecule has 0 saturated carbocycles. The summed E-state index contributed by atoms with van der Waals surface area (Å²) in [7, 11) is 0. The van der Waals surface area contributed by atoms with Crippen LogP contribution in [0.4, 0.5) is 0 Å². The van der Waals surface area contributed by atoms with Gasteiger partial charge >= 0.3 is 16.5 Å². The summed E-state index contributed by atoms with van der Waals surface area (Å²) in [6, 6.07) is 41.3. The standard InChI is InChI=1S/2C14H15PS2.Ni/c2*16-15(17,11-13-7-3-1-4-8-13)12-14-9-5-2-6-10-14;/h2*1-10H,11-12H2,(H,16,17);/q;;+2/p-2. The second-order valence-electron chi connectivity index (χ2n) is 8.20. The third kappa shape index (κ3) is 12.4. The van der Waals surface area contributed by atoms with Crippen LogP contribution in [0.15, 0.2) is 121 Å². The summed E-state index contributed by atoms with van der Waals surface area (Å²) in [5.74, 6) is 0. The first-order chi connectivity index (χ1) is 16.3. The molecular formula is C28H28NiP2S4. The van der Waals surface area contributed by atoms with E-state index >= 15 is 0 Å². The van der Waals surface area contributed by atoms with Crippen LogP contribution >= 0.6 is 10.5 Å². The molecule has 0 heterocycles. The molecular weight excluding hydrogens is 585 g/mol. The normalized spacial score (nSPS) is 11.0. The average Bonchev–Trinajstić information content (AvgIpc) is 2.81. The van der Waals surface area contributed by atoms with Crippen LogP contribution in [-0.2, 0) is 89.3 Å². The largest absolute Gasteiger partial charge is 2.00 e. The molecule has 0 N–H and O–H groups in total. The summed E-state index contributed by atoms with van der Waals surface area (Å²) in [4.78, 5) is 0. The molecule has 0 unspecified atom stereocenters. The molecule has 35 heavy (non-hydrogen) atoms. The molecule has 4 aromatic rings. The van der Waals surface area contributed by atoms with Crippen molar-refractivity contribution >= 4 is 58.6 Å². The Morgan fingerprint density at radius 1 is 0.400 bits per heavy atom. The predicted molar refractivity (Wildman–Crippen MR) is 164 cm³/mol. The fraction of sp³-hybridized carbons (Fsp3) is 0.143. The van der Waals surface area contributed by atoms with E-state index in [0.29, 0.717) is 0 Å². The zero-order chi connectivity index (χ0) is 24.3. The second-order valence-corrected chi connectivity index (χ2v) is 22.5.